The van der Waals surface area contributed by atoms with Gasteiger partial charge in [-0.2, -0.15) is 0 Å². The van der Waals surface area contributed by atoms with Gasteiger partial charge in [0.2, 0.25) is 5.95 Å². The van der Waals surface area contributed by atoms with Gasteiger partial charge in [-0.05, 0) is 57.1 Å². The van der Waals surface area contributed by atoms with Crippen LogP contribution in [0, 0.1) is 17.6 Å². The number of likely N-dealkylation sites (tertiary alicyclic amines) is 1. The van der Waals surface area contributed by atoms with Crippen LogP contribution in [0.5, 0.6) is 0 Å². The predicted molar refractivity (Wildman–Crippen MR) is 104 cm³/mol. The van der Waals surface area contributed by atoms with E-state index < -0.39 is 11.6 Å². The Hall–Kier alpha value is -2.57. The first-order chi connectivity index (χ1) is 13.4. The normalized spacial score (nSPS) is 17.0. The zero-order chi connectivity index (χ0) is 20.1. The van der Waals surface area contributed by atoms with Gasteiger partial charge < -0.3 is 10.2 Å². The van der Waals surface area contributed by atoms with Gasteiger partial charge in [0.25, 0.3) is 5.91 Å². The number of anilines is 1. The molecular formula is C21H26F2N4O. The monoisotopic (exact) mass is 388 g/mol. The van der Waals surface area contributed by atoms with Crippen molar-refractivity contribution in [2.24, 2.45) is 5.92 Å². The Morgan fingerprint density at radius 1 is 1.29 bits per heavy atom. The number of carbonyl (C=O) groups excluding carboxylic acids is 1. The van der Waals surface area contributed by atoms with E-state index in [4.69, 9.17) is 0 Å². The Bertz CT molecular complexity index is 811. The SMILES string of the molecule is CC(C)Nc1ncc(C(=O)N2CCC[C@@H](CCc3ccc(F)cc3F)C2)cn1. The van der Waals surface area contributed by atoms with Gasteiger partial charge in [-0.3, -0.25) is 4.79 Å². The number of nitrogens with one attached hydrogen (secondary N) is 1. The number of aryl methyl sites for hydroxylation is 1. The lowest BCUT2D eigenvalue weighted by Crippen LogP contribution is -2.40. The second-order valence-corrected chi connectivity index (χ2v) is 7.63. The largest absolute Gasteiger partial charge is 0.352 e. The first-order valence-electron chi connectivity index (χ1n) is 9.74. The Kier molecular flexibility index (Phi) is 6.54. The summed E-state index contributed by atoms with van der Waals surface area (Å²) >= 11 is 0. The van der Waals surface area contributed by atoms with Crippen LogP contribution in [0.4, 0.5) is 14.7 Å². The van der Waals surface area contributed by atoms with Gasteiger partial charge in [0.15, 0.2) is 0 Å². The van der Waals surface area contributed by atoms with Crippen LogP contribution in [0.3, 0.4) is 0 Å². The third-order valence-electron chi connectivity index (χ3n) is 4.96. The molecule has 0 saturated carbocycles. The summed E-state index contributed by atoms with van der Waals surface area (Å²) in [7, 11) is 0. The lowest BCUT2D eigenvalue weighted by Gasteiger charge is -2.33. The maximum atomic E-state index is 13.8. The van der Waals surface area contributed by atoms with E-state index in [0.717, 1.165) is 25.3 Å². The van der Waals surface area contributed by atoms with Gasteiger partial charge in [0.1, 0.15) is 11.6 Å². The Balaban J connectivity index is 1.57. The molecule has 2 aromatic rings. The van der Waals surface area contributed by atoms with Crippen molar-refractivity contribution in [3.8, 4) is 0 Å². The van der Waals surface area contributed by atoms with E-state index in [1.165, 1.54) is 12.1 Å². The molecule has 0 unspecified atom stereocenters. The zero-order valence-corrected chi connectivity index (χ0v) is 16.3. The maximum absolute atomic E-state index is 13.8. The summed E-state index contributed by atoms with van der Waals surface area (Å²) in [4.78, 5) is 23.0. The fourth-order valence-corrected chi connectivity index (χ4v) is 3.52. The number of halogens is 2. The van der Waals surface area contributed by atoms with Crippen LogP contribution in [-0.2, 0) is 6.42 Å². The molecule has 0 radical (unpaired) electrons. The Labute approximate surface area is 164 Å². The van der Waals surface area contributed by atoms with E-state index in [1.807, 2.05) is 18.7 Å². The predicted octanol–water partition coefficient (Wildman–Crippen LogP) is 4.06. The molecule has 7 heteroatoms. The summed E-state index contributed by atoms with van der Waals surface area (Å²) in [5.74, 6) is -0.341. The summed E-state index contributed by atoms with van der Waals surface area (Å²) in [6.07, 6.45) is 6.32. The van der Waals surface area contributed by atoms with Crippen molar-refractivity contribution in [1.29, 1.82) is 0 Å². The topological polar surface area (TPSA) is 58.1 Å². The van der Waals surface area contributed by atoms with E-state index in [2.05, 4.69) is 15.3 Å². The van der Waals surface area contributed by atoms with Crippen LogP contribution in [-0.4, -0.2) is 39.9 Å². The molecule has 3 rings (SSSR count). The number of nitrogens with zero attached hydrogens (tertiary/aromatic N) is 3. The van der Waals surface area contributed by atoms with E-state index in [9.17, 15) is 13.6 Å². The molecule has 0 aliphatic carbocycles. The summed E-state index contributed by atoms with van der Waals surface area (Å²) in [6, 6.07) is 3.92. The summed E-state index contributed by atoms with van der Waals surface area (Å²) in [5.41, 5.74) is 0.992. The van der Waals surface area contributed by atoms with Gasteiger partial charge in [0.05, 0.1) is 5.56 Å². The molecule has 2 heterocycles. The van der Waals surface area contributed by atoms with Crippen LogP contribution in [0.2, 0.25) is 0 Å². The van der Waals surface area contributed by atoms with Crippen LogP contribution in [0.25, 0.3) is 0 Å². The van der Waals surface area contributed by atoms with E-state index >= 15 is 0 Å². The van der Waals surface area contributed by atoms with Crippen LogP contribution < -0.4 is 5.32 Å². The average Bonchev–Trinajstić information content (AvgIpc) is 2.67. The van der Waals surface area contributed by atoms with Crippen molar-refractivity contribution < 1.29 is 13.6 Å². The van der Waals surface area contributed by atoms with Crippen molar-refractivity contribution >= 4 is 11.9 Å². The van der Waals surface area contributed by atoms with Gasteiger partial charge in [0, 0.05) is 37.6 Å². The van der Waals surface area contributed by atoms with Gasteiger partial charge in [-0.15, -0.1) is 0 Å². The summed E-state index contributed by atoms with van der Waals surface area (Å²) in [6.45, 7) is 5.32. The number of benzene rings is 1. The lowest BCUT2D eigenvalue weighted by molar-refractivity contribution is 0.0667. The van der Waals surface area contributed by atoms with Gasteiger partial charge in [-0.25, -0.2) is 18.7 Å². The number of aromatic nitrogens is 2. The van der Waals surface area contributed by atoms with Crippen molar-refractivity contribution in [3.05, 3.63) is 53.4 Å². The highest BCUT2D eigenvalue weighted by molar-refractivity contribution is 5.93. The van der Waals surface area contributed by atoms with Crippen molar-refractivity contribution in [3.63, 3.8) is 0 Å². The average molecular weight is 388 g/mol. The number of hydrogen-bond acceptors (Lipinski definition) is 4. The molecule has 0 bridgehead atoms. The quantitative estimate of drug-likeness (QED) is 0.811. The smallest absolute Gasteiger partial charge is 0.257 e. The highest BCUT2D eigenvalue weighted by atomic mass is 19.1. The minimum atomic E-state index is -0.562. The minimum absolute atomic E-state index is 0.0752. The molecule has 0 spiro atoms. The first-order valence-corrected chi connectivity index (χ1v) is 9.74. The molecular weight excluding hydrogens is 362 g/mol. The Morgan fingerprint density at radius 3 is 2.71 bits per heavy atom. The van der Waals surface area contributed by atoms with Crippen molar-refractivity contribution in [2.75, 3.05) is 18.4 Å². The standard InChI is InChI=1S/C21H26F2N4O/c1-14(2)26-21-24-11-17(12-25-21)20(28)27-9-3-4-15(13-27)5-6-16-7-8-18(22)10-19(16)23/h7-8,10-12,14-15H,3-6,9,13H2,1-2H3,(H,24,25,26)/t15-/m0/s1. The first kappa shape index (κ1) is 20.2. The van der Waals surface area contributed by atoms with Crippen LogP contribution in [0.15, 0.2) is 30.6 Å². The number of piperidine rings is 1. The highest BCUT2D eigenvalue weighted by Gasteiger charge is 2.25. The molecule has 1 fully saturated rings. The highest BCUT2D eigenvalue weighted by Crippen LogP contribution is 2.24. The van der Waals surface area contributed by atoms with Crippen LogP contribution in [0.1, 0.15) is 49.0 Å². The molecule has 1 aromatic heterocycles. The molecule has 1 saturated heterocycles. The Morgan fingerprint density at radius 2 is 2.04 bits per heavy atom. The zero-order valence-electron chi connectivity index (χ0n) is 16.3. The van der Waals surface area contributed by atoms with E-state index in [1.54, 1.807) is 12.4 Å². The van der Waals surface area contributed by atoms with Crippen LogP contribution >= 0.6 is 0 Å². The van der Waals surface area contributed by atoms with E-state index in [-0.39, 0.29) is 11.9 Å². The second-order valence-electron chi connectivity index (χ2n) is 7.63. The van der Waals surface area contributed by atoms with E-state index in [0.29, 0.717) is 42.5 Å². The second kappa shape index (κ2) is 9.08. The number of rotatable bonds is 6. The number of carbonyl (C=O) groups is 1. The molecule has 1 aliphatic rings. The van der Waals surface area contributed by atoms with Gasteiger partial charge >= 0.3 is 0 Å². The third kappa shape index (κ3) is 5.24. The molecule has 1 atom stereocenters. The molecule has 28 heavy (non-hydrogen) atoms. The number of amides is 1. The third-order valence-corrected chi connectivity index (χ3v) is 4.96. The molecule has 1 amide bonds. The summed E-state index contributed by atoms with van der Waals surface area (Å²) < 4.78 is 26.9. The fraction of sp³-hybridized carbons (Fsp3) is 0.476. The fourth-order valence-electron chi connectivity index (χ4n) is 3.52. The molecule has 5 nitrogen and oxygen atoms in total. The minimum Gasteiger partial charge on any atom is -0.352 e. The van der Waals surface area contributed by atoms with Crippen molar-refractivity contribution in [2.45, 2.75) is 45.6 Å². The van der Waals surface area contributed by atoms with Crippen molar-refractivity contribution in [1.82, 2.24) is 14.9 Å². The maximum Gasteiger partial charge on any atom is 0.257 e. The van der Waals surface area contributed by atoms with Gasteiger partial charge in [-0.1, -0.05) is 6.07 Å². The molecule has 1 aromatic carbocycles. The molecule has 1 aliphatic heterocycles. The number of hydrogen-bond donors (Lipinski definition) is 1. The summed E-state index contributed by atoms with van der Waals surface area (Å²) in [5, 5.41) is 3.10. The molecule has 1 N–H and O–H groups in total. The lowest BCUT2D eigenvalue weighted by atomic mass is 9.91. The molecule has 150 valence electrons.